The standard InChI is InChI=1S/C10H7BrClN3O2/c11-8-2-1-6(12)3-9(8)15-5-7(13-14-15)4-10(16)17/h1-3,5H,4H2,(H,16,17). The summed E-state index contributed by atoms with van der Waals surface area (Å²) < 4.78 is 2.28. The van der Waals surface area contributed by atoms with Crippen molar-refractivity contribution in [3.8, 4) is 5.69 Å². The third-order valence-electron chi connectivity index (χ3n) is 2.03. The molecule has 0 aliphatic carbocycles. The Balaban J connectivity index is 2.36. The quantitative estimate of drug-likeness (QED) is 0.943. The molecular weight excluding hydrogens is 309 g/mol. The first-order valence-corrected chi connectivity index (χ1v) is 5.82. The van der Waals surface area contributed by atoms with Gasteiger partial charge in [0.1, 0.15) is 0 Å². The molecule has 88 valence electrons. The maximum Gasteiger partial charge on any atom is 0.309 e. The van der Waals surface area contributed by atoms with Crippen molar-refractivity contribution in [1.82, 2.24) is 15.0 Å². The van der Waals surface area contributed by atoms with Crippen LogP contribution in [0.2, 0.25) is 5.02 Å². The SMILES string of the molecule is O=C(O)Cc1cn(-c2cc(Cl)ccc2Br)nn1. The van der Waals surface area contributed by atoms with Crippen molar-refractivity contribution in [3.63, 3.8) is 0 Å². The highest BCUT2D eigenvalue weighted by Crippen LogP contribution is 2.24. The number of aliphatic carboxylic acids is 1. The fourth-order valence-corrected chi connectivity index (χ4v) is 1.91. The second-order valence-corrected chi connectivity index (χ2v) is 4.61. The smallest absolute Gasteiger partial charge is 0.309 e. The minimum atomic E-state index is -0.942. The Hall–Kier alpha value is -1.40. The van der Waals surface area contributed by atoms with Gasteiger partial charge in [0.25, 0.3) is 0 Å². The van der Waals surface area contributed by atoms with E-state index in [0.29, 0.717) is 16.4 Å². The van der Waals surface area contributed by atoms with E-state index in [0.717, 1.165) is 4.47 Å². The lowest BCUT2D eigenvalue weighted by Gasteiger charge is -2.03. The van der Waals surface area contributed by atoms with Crippen LogP contribution in [0.5, 0.6) is 0 Å². The van der Waals surface area contributed by atoms with Crippen molar-refractivity contribution in [2.45, 2.75) is 6.42 Å². The monoisotopic (exact) mass is 315 g/mol. The highest BCUT2D eigenvalue weighted by molar-refractivity contribution is 9.10. The van der Waals surface area contributed by atoms with Crippen LogP contribution in [-0.4, -0.2) is 26.1 Å². The number of rotatable bonds is 3. The predicted octanol–water partition coefficient (Wildman–Crippen LogP) is 2.31. The number of carbonyl (C=O) groups is 1. The molecule has 0 aliphatic rings. The van der Waals surface area contributed by atoms with Crippen molar-refractivity contribution in [1.29, 1.82) is 0 Å². The van der Waals surface area contributed by atoms with E-state index < -0.39 is 5.97 Å². The van der Waals surface area contributed by atoms with Crippen LogP contribution in [-0.2, 0) is 11.2 Å². The van der Waals surface area contributed by atoms with Gasteiger partial charge >= 0.3 is 5.97 Å². The molecule has 0 saturated heterocycles. The molecule has 0 atom stereocenters. The molecule has 0 radical (unpaired) electrons. The van der Waals surface area contributed by atoms with Gasteiger partial charge in [-0.15, -0.1) is 5.10 Å². The molecule has 0 spiro atoms. The Labute approximate surface area is 110 Å². The maximum absolute atomic E-state index is 10.5. The summed E-state index contributed by atoms with van der Waals surface area (Å²) in [6, 6.07) is 5.24. The van der Waals surface area contributed by atoms with Crippen molar-refractivity contribution in [2.75, 3.05) is 0 Å². The molecule has 2 rings (SSSR count). The molecule has 1 N–H and O–H groups in total. The van der Waals surface area contributed by atoms with Crippen LogP contribution in [0, 0.1) is 0 Å². The van der Waals surface area contributed by atoms with Crippen molar-refractivity contribution in [2.24, 2.45) is 0 Å². The zero-order chi connectivity index (χ0) is 12.4. The fraction of sp³-hybridized carbons (Fsp3) is 0.100. The Kier molecular flexibility index (Phi) is 3.44. The summed E-state index contributed by atoms with van der Waals surface area (Å²) in [4.78, 5) is 10.5. The highest BCUT2D eigenvalue weighted by atomic mass is 79.9. The van der Waals surface area contributed by atoms with E-state index in [-0.39, 0.29) is 6.42 Å². The summed E-state index contributed by atoms with van der Waals surface area (Å²) in [7, 11) is 0. The zero-order valence-electron chi connectivity index (χ0n) is 8.47. The van der Waals surface area contributed by atoms with Crippen LogP contribution in [0.3, 0.4) is 0 Å². The highest BCUT2D eigenvalue weighted by Gasteiger charge is 2.09. The first kappa shape index (κ1) is 12.1. The minimum Gasteiger partial charge on any atom is -0.481 e. The lowest BCUT2D eigenvalue weighted by atomic mass is 10.3. The van der Waals surface area contributed by atoms with Crippen LogP contribution in [0.4, 0.5) is 0 Å². The van der Waals surface area contributed by atoms with E-state index in [1.807, 2.05) is 0 Å². The molecule has 1 aromatic carbocycles. The van der Waals surface area contributed by atoms with E-state index >= 15 is 0 Å². The van der Waals surface area contributed by atoms with Gasteiger partial charge in [0.2, 0.25) is 0 Å². The van der Waals surface area contributed by atoms with E-state index in [9.17, 15) is 4.79 Å². The molecule has 7 heteroatoms. The number of hydrogen-bond acceptors (Lipinski definition) is 3. The van der Waals surface area contributed by atoms with Crippen molar-refractivity contribution in [3.05, 3.63) is 39.6 Å². The normalized spacial score (nSPS) is 10.5. The Morgan fingerprint density at radius 3 is 3.00 bits per heavy atom. The lowest BCUT2D eigenvalue weighted by Crippen LogP contribution is -2.00. The van der Waals surface area contributed by atoms with Crippen molar-refractivity contribution >= 4 is 33.5 Å². The molecule has 1 aromatic heterocycles. The molecule has 0 unspecified atom stereocenters. The second kappa shape index (κ2) is 4.85. The Morgan fingerprint density at radius 1 is 1.53 bits per heavy atom. The summed E-state index contributed by atoms with van der Waals surface area (Å²) in [5, 5.41) is 16.8. The molecule has 1 heterocycles. The van der Waals surface area contributed by atoms with Crippen LogP contribution in [0.25, 0.3) is 5.69 Å². The third-order valence-corrected chi connectivity index (χ3v) is 2.93. The number of carboxylic acids is 1. The van der Waals surface area contributed by atoms with E-state index in [2.05, 4.69) is 26.2 Å². The molecular formula is C10H7BrClN3O2. The molecule has 0 aliphatic heterocycles. The average molecular weight is 317 g/mol. The van der Waals surface area contributed by atoms with Crippen LogP contribution in [0.1, 0.15) is 5.69 Å². The second-order valence-electron chi connectivity index (χ2n) is 3.32. The molecule has 2 aromatic rings. The van der Waals surface area contributed by atoms with Gasteiger partial charge < -0.3 is 5.11 Å². The van der Waals surface area contributed by atoms with E-state index in [1.54, 1.807) is 24.4 Å². The largest absolute Gasteiger partial charge is 0.481 e. The number of nitrogens with zero attached hydrogens (tertiary/aromatic N) is 3. The van der Waals surface area contributed by atoms with Gasteiger partial charge in [-0.2, -0.15) is 0 Å². The summed E-state index contributed by atoms with van der Waals surface area (Å²) in [6.07, 6.45) is 1.41. The number of halogens is 2. The number of aromatic nitrogens is 3. The molecule has 0 fully saturated rings. The molecule has 0 amide bonds. The van der Waals surface area contributed by atoms with Gasteiger partial charge in [0.05, 0.1) is 24.0 Å². The summed E-state index contributed by atoms with van der Waals surface area (Å²) in [6.45, 7) is 0. The molecule has 0 bridgehead atoms. The van der Waals surface area contributed by atoms with Gasteiger partial charge in [0.15, 0.2) is 0 Å². The zero-order valence-corrected chi connectivity index (χ0v) is 10.8. The fourth-order valence-electron chi connectivity index (χ4n) is 1.31. The van der Waals surface area contributed by atoms with E-state index in [4.69, 9.17) is 16.7 Å². The summed E-state index contributed by atoms with van der Waals surface area (Å²) >= 11 is 9.25. The predicted molar refractivity (Wildman–Crippen MR) is 65.4 cm³/mol. The van der Waals surface area contributed by atoms with Crippen LogP contribution in [0.15, 0.2) is 28.9 Å². The lowest BCUT2D eigenvalue weighted by molar-refractivity contribution is -0.136. The van der Waals surface area contributed by atoms with Gasteiger partial charge in [0, 0.05) is 9.50 Å². The maximum atomic E-state index is 10.5. The minimum absolute atomic E-state index is 0.155. The molecule has 0 saturated carbocycles. The molecule has 17 heavy (non-hydrogen) atoms. The average Bonchev–Trinajstić information content (AvgIpc) is 2.69. The first-order chi connectivity index (χ1) is 8.06. The van der Waals surface area contributed by atoms with Gasteiger partial charge in [-0.3, -0.25) is 4.79 Å². The number of hydrogen-bond donors (Lipinski definition) is 1. The van der Waals surface area contributed by atoms with E-state index in [1.165, 1.54) is 4.68 Å². The summed E-state index contributed by atoms with van der Waals surface area (Å²) in [5.74, 6) is -0.942. The van der Waals surface area contributed by atoms with Gasteiger partial charge in [-0.05, 0) is 34.1 Å². The third kappa shape index (κ3) is 2.83. The van der Waals surface area contributed by atoms with Gasteiger partial charge in [-0.25, -0.2) is 4.68 Å². The first-order valence-electron chi connectivity index (χ1n) is 4.64. The van der Waals surface area contributed by atoms with Gasteiger partial charge in [-0.1, -0.05) is 16.8 Å². The van der Waals surface area contributed by atoms with Crippen LogP contribution < -0.4 is 0 Å². The number of benzene rings is 1. The van der Waals surface area contributed by atoms with Crippen LogP contribution >= 0.6 is 27.5 Å². The topological polar surface area (TPSA) is 68.0 Å². The molecule has 5 nitrogen and oxygen atoms in total. The Morgan fingerprint density at radius 2 is 2.29 bits per heavy atom. The Bertz CT molecular complexity index is 570. The van der Waals surface area contributed by atoms with Crippen molar-refractivity contribution < 1.29 is 9.90 Å². The summed E-state index contributed by atoms with van der Waals surface area (Å²) in [5.41, 5.74) is 1.10. The number of carboxylic acid groups (broad SMARTS) is 1.